The quantitative estimate of drug-likeness (QED) is 0.903. The Kier molecular flexibility index (Phi) is 4.46. The molecule has 1 aromatic heterocycles. The minimum Gasteiger partial charge on any atom is -0.326 e. The summed E-state index contributed by atoms with van der Waals surface area (Å²) in [5.74, 6) is -0.192. The van der Waals surface area contributed by atoms with Crippen LogP contribution in [0.3, 0.4) is 0 Å². The first-order chi connectivity index (χ1) is 9.77. The van der Waals surface area contributed by atoms with Crippen molar-refractivity contribution in [3.8, 4) is 0 Å². The Bertz CT molecular complexity index is 766. The van der Waals surface area contributed by atoms with Gasteiger partial charge in [-0.05, 0) is 59.5 Å². The molecule has 7 heteroatoms. The molecule has 0 spiro atoms. The van der Waals surface area contributed by atoms with Crippen LogP contribution in [-0.4, -0.2) is 14.3 Å². The number of thiophene rings is 1. The van der Waals surface area contributed by atoms with Crippen LogP contribution in [0, 0.1) is 13.8 Å². The van der Waals surface area contributed by atoms with Crippen LogP contribution < -0.4 is 10.5 Å². The van der Waals surface area contributed by atoms with E-state index in [-0.39, 0.29) is 17.2 Å². The number of rotatable bonds is 4. The summed E-state index contributed by atoms with van der Waals surface area (Å²) in [6, 6.07) is 4.77. The first kappa shape index (κ1) is 15.7. The molecule has 1 heterocycles. The van der Waals surface area contributed by atoms with Gasteiger partial charge in [0, 0.05) is 5.69 Å². The second kappa shape index (κ2) is 5.97. The molecule has 0 saturated heterocycles. The third-order valence-electron chi connectivity index (χ3n) is 3.19. The molecule has 0 atom stereocenters. The lowest BCUT2D eigenvalue weighted by Crippen LogP contribution is -2.17. The Morgan fingerprint density at radius 3 is 2.62 bits per heavy atom. The van der Waals surface area contributed by atoms with Crippen LogP contribution in [0.1, 0.15) is 16.7 Å². The van der Waals surface area contributed by atoms with Crippen molar-refractivity contribution in [3.05, 3.63) is 45.6 Å². The molecular formula is C14H16N2O3S2. The van der Waals surface area contributed by atoms with Crippen LogP contribution in [0.2, 0.25) is 0 Å². The number of hydrogen-bond donors (Lipinski definition) is 2. The van der Waals surface area contributed by atoms with E-state index in [4.69, 9.17) is 5.14 Å². The molecule has 0 fully saturated rings. The Morgan fingerprint density at radius 1 is 1.33 bits per heavy atom. The van der Waals surface area contributed by atoms with Gasteiger partial charge in [0.15, 0.2) is 0 Å². The predicted molar refractivity (Wildman–Crippen MR) is 83.9 cm³/mol. The molecule has 112 valence electrons. The molecule has 2 aromatic rings. The summed E-state index contributed by atoms with van der Waals surface area (Å²) in [7, 11) is -3.80. The Balaban J connectivity index is 2.27. The average Bonchev–Trinajstić information content (AvgIpc) is 2.86. The number of anilines is 1. The highest BCUT2D eigenvalue weighted by Gasteiger charge is 2.14. The standard InChI is InChI=1S/C14H16N2O3S2/c1-9-5-12(21(15,18)19)7-13(10(9)2)16-14(17)6-11-3-4-20-8-11/h3-5,7-8H,6H2,1-2H3,(H,16,17)(H2,15,18,19). The van der Waals surface area contributed by atoms with Gasteiger partial charge in [-0.2, -0.15) is 11.3 Å². The highest BCUT2D eigenvalue weighted by molar-refractivity contribution is 7.89. The van der Waals surface area contributed by atoms with Crippen molar-refractivity contribution in [1.29, 1.82) is 0 Å². The minimum absolute atomic E-state index is 0.00330. The van der Waals surface area contributed by atoms with Crippen LogP contribution in [0.5, 0.6) is 0 Å². The SMILES string of the molecule is Cc1cc(S(N)(=O)=O)cc(NC(=O)Cc2ccsc2)c1C. The van der Waals surface area contributed by atoms with E-state index in [0.717, 1.165) is 16.7 Å². The maximum Gasteiger partial charge on any atom is 0.238 e. The first-order valence-electron chi connectivity index (χ1n) is 6.22. The van der Waals surface area contributed by atoms with Gasteiger partial charge in [0.1, 0.15) is 0 Å². The monoisotopic (exact) mass is 324 g/mol. The zero-order valence-corrected chi connectivity index (χ0v) is 13.3. The third-order valence-corrected chi connectivity index (χ3v) is 4.81. The number of primary sulfonamides is 1. The number of benzene rings is 1. The molecule has 0 aliphatic heterocycles. The highest BCUT2D eigenvalue weighted by Crippen LogP contribution is 2.23. The van der Waals surface area contributed by atoms with Crippen LogP contribution in [0.15, 0.2) is 33.9 Å². The van der Waals surface area contributed by atoms with Crippen molar-refractivity contribution in [3.63, 3.8) is 0 Å². The molecule has 0 aliphatic carbocycles. The van der Waals surface area contributed by atoms with Crippen molar-refractivity contribution in [2.45, 2.75) is 25.2 Å². The molecule has 0 bridgehead atoms. The molecule has 3 N–H and O–H groups in total. The number of hydrogen-bond acceptors (Lipinski definition) is 4. The number of nitrogens with two attached hydrogens (primary N) is 1. The summed E-state index contributed by atoms with van der Waals surface area (Å²) < 4.78 is 22.9. The molecule has 0 radical (unpaired) electrons. The normalized spacial score (nSPS) is 11.4. The largest absolute Gasteiger partial charge is 0.326 e. The van der Waals surface area contributed by atoms with Crippen molar-refractivity contribution < 1.29 is 13.2 Å². The third kappa shape index (κ3) is 3.90. The fourth-order valence-corrected chi connectivity index (χ4v) is 3.19. The lowest BCUT2D eigenvalue weighted by Gasteiger charge is -2.12. The van der Waals surface area contributed by atoms with E-state index >= 15 is 0 Å². The number of nitrogens with one attached hydrogen (secondary N) is 1. The van der Waals surface area contributed by atoms with E-state index in [1.807, 2.05) is 23.8 Å². The second-order valence-corrected chi connectivity index (χ2v) is 7.16. The Labute approximate surface area is 127 Å². The summed E-state index contributed by atoms with van der Waals surface area (Å²) in [5, 5.41) is 11.7. The maximum atomic E-state index is 12.0. The van der Waals surface area contributed by atoms with Gasteiger partial charge in [0.2, 0.25) is 15.9 Å². The molecule has 21 heavy (non-hydrogen) atoms. The van der Waals surface area contributed by atoms with Crippen molar-refractivity contribution in [2.75, 3.05) is 5.32 Å². The molecule has 0 aliphatic rings. The fraction of sp³-hybridized carbons (Fsp3) is 0.214. The van der Waals surface area contributed by atoms with Gasteiger partial charge >= 0.3 is 0 Å². The lowest BCUT2D eigenvalue weighted by atomic mass is 10.1. The molecule has 0 saturated carbocycles. The van der Waals surface area contributed by atoms with Crippen LogP contribution in [0.25, 0.3) is 0 Å². The summed E-state index contributed by atoms with van der Waals surface area (Å²) in [4.78, 5) is 12.0. The maximum absolute atomic E-state index is 12.0. The topological polar surface area (TPSA) is 89.3 Å². The van der Waals surface area contributed by atoms with E-state index in [9.17, 15) is 13.2 Å². The van der Waals surface area contributed by atoms with Gasteiger partial charge in [-0.3, -0.25) is 4.79 Å². The van der Waals surface area contributed by atoms with Gasteiger partial charge in [0.05, 0.1) is 11.3 Å². The Hall–Kier alpha value is -1.70. The summed E-state index contributed by atoms with van der Waals surface area (Å²) in [6.45, 7) is 3.60. The lowest BCUT2D eigenvalue weighted by molar-refractivity contribution is -0.115. The van der Waals surface area contributed by atoms with Gasteiger partial charge in [0.25, 0.3) is 0 Å². The zero-order valence-electron chi connectivity index (χ0n) is 11.7. The molecule has 0 unspecified atom stereocenters. The van der Waals surface area contributed by atoms with Gasteiger partial charge in [-0.15, -0.1) is 0 Å². The number of carbonyl (C=O) groups is 1. The highest BCUT2D eigenvalue weighted by atomic mass is 32.2. The molecule has 2 rings (SSSR count). The second-order valence-electron chi connectivity index (χ2n) is 4.81. The number of sulfonamides is 1. The number of aryl methyl sites for hydroxylation is 1. The van der Waals surface area contributed by atoms with Crippen molar-refractivity contribution in [1.82, 2.24) is 0 Å². The van der Waals surface area contributed by atoms with E-state index < -0.39 is 10.0 Å². The smallest absolute Gasteiger partial charge is 0.238 e. The van der Waals surface area contributed by atoms with E-state index in [2.05, 4.69) is 5.32 Å². The van der Waals surface area contributed by atoms with Crippen molar-refractivity contribution in [2.24, 2.45) is 5.14 Å². The van der Waals surface area contributed by atoms with Crippen LogP contribution in [-0.2, 0) is 21.2 Å². The molecular weight excluding hydrogens is 308 g/mol. The molecule has 1 amide bonds. The zero-order chi connectivity index (χ0) is 15.6. The number of carbonyl (C=O) groups excluding carboxylic acids is 1. The van der Waals surface area contributed by atoms with Gasteiger partial charge < -0.3 is 5.32 Å². The summed E-state index contributed by atoms with van der Waals surface area (Å²) in [6.07, 6.45) is 0.252. The number of amides is 1. The minimum atomic E-state index is -3.80. The van der Waals surface area contributed by atoms with Gasteiger partial charge in [-0.1, -0.05) is 0 Å². The van der Waals surface area contributed by atoms with Gasteiger partial charge in [-0.25, -0.2) is 13.6 Å². The average molecular weight is 324 g/mol. The van der Waals surface area contributed by atoms with E-state index in [1.165, 1.54) is 23.5 Å². The fourth-order valence-electron chi connectivity index (χ4n) is 1.89. The van der Waals surface area contributed by atoms with E-state index in [1.54, 1.807) is 6.92 Å². The molecule has 1 aromatic carbocycles. The van der Waals surface area contributed by atoms with Crippen molar-refractivity contribution >= 4 is 33.0 Å². The Morgan fingerprint density at radius 2 is 2.05 bits per heavy atom. The van der Waals surface area contributed by atoms with E-state index in [0.29, 0.717) is 5.69 Å². The first-order valence-corrected chi connectivity index (χ1v) is 8.71. The predicted octanol–water partition coefficient (Wildman–Crippen LogP) is 2.19. The molecule has 5 nitrogen and oxygen atoms in total. The van der Waals surface area contributed by atoms with Crippen LogP contribution >= 0.6 is 11.3 Å². The summed E-state index contributed by atoms with van der Waals surface area (Å²) in [5.41, 5.74) is 2.97. The summed E-state index contributed by atoms with van der Waals surface area (Å²) >= 11 is 1.52. The van der Waals surface area contributed by atoms with Crippen LogP contribution in [0.4, 0.5) is 5.69 Å².